The molecule has 1 amide bonds. The van der Waals surface area contributed by atoms with Gasteiger partial charge in [-0.2, -0.15) is 0 Å². The molecule has 0 spiro atoms. The van der Waals surface area contributed by atoms with Crippen LogP contribution in [0.4, 0.5) is 4.79 Å². The molecule has 0 heterocycles. The Hall–Kier alpha value is -2.57. The molecule has 0 radical (unpaired) electrons. The number of rotatable bonds is 10. The van der Waals surface area contributed by atoms with E-state index >= 15 is 0 Å². The third-order valence-corrected chi connectivity index (χ3v) is 3.26. The van der Waals surface area contributed by atoms with Crippen LogP contribution in [0.25, 0.3) is 0 Å². The molecule has 0 fully saturated rings. The fourth-order valence-electron chi connectivity index (χ4n) is 2.06. The number of hydrogen-bond acceptors (Lipinski definition) is 5. The number of nitrogens with one attached hydrogen (secondary N) is 2. The van der Waals surface area contributed by atoms with Gasteiger partial charge in [-0.25, -0.2) is 9.59 Å². The number of carbonyl (C=O) groups excluding carboxylic acids is 2. The highest BCUT2D eigenvalue weighted by molar-refractivity contribution is 5.81. The Morgan fingerprint density at radius 1 is 1.21 bits per heavy atom. The van der Waals surface area contributed by atoms with E-state index < -0.39 is 18.1 Å². The second-order valence-electron chi connectivity index (χ2n) is 5.28. The van der Waals surface area contributed by atoms with Crippen molar-refractivity contribution >= 4 is 17.9 Å². The molecule has 1 atom stereocenters. The fourth-order valence-corrected chi connectivity index (χ4v) is 2.06. The molecular formula is C17H25N3O4. The first-order valence-corrected chi connectivity index (χ1v) is 7.99. The predicted molar refractivity (Wildman–Crippen MR) is 90.6 cm³/mol. The van der Waals surface area contributed by atoms with Crippen LogP contribution < -0.4 is 11.1 Å². The lowest BCUT2D eigenvalue weighted by atomic mass is 10.1. The molecule has 0 saturated heterocycles. The van der Waals surface area contributed by atoms with Crippen LogP contribution in [0.15, 0.2) is 30.3 Å². The Balaban J connectivity index is 2.45. The highest BCUT2D eigenvalue weighted by atomic mass is 16.6. The summed E-state index contributed by atoms with van der Waals surface area (Å²) in [6, 6.07) is 8.51. The zero-order valence-electron chi connectivity index (χ0n) is 13.9. The molecular weight excluding hydrogens is 310 g/mol. The molecule has 24 heavy (non-hydrogen) atoms. The summed E-state index contributed by atoms with van der Waals surface area (Å²) in [5.74, 6) is -0.380. The van der Waals surface area contributed by atoms with Gasteiger partial charge in [0.2, 0.25) is 0 Å². The molecule has 4 N–H and O–H groups in total. The van der Waals surface area contributed by atoms with Gasteiger partial charge >= 0.3 is 12.1 Å². The molecule has 1 aromatic rings. The van der Waals surface area contributed by atoms with Crippen molar-refractivity contribution in [1.82, 2.24) is 5.32 Å². The number of nitrogens with two attached hydrogens (primary N) is 1. The van der Waals surface area contributed by atoms with Gasteiger partial charge in [0.1, 0.15) is 12.6 Å². The van der Waals surface area contributed by atoms with E-state index in [2.05, 4.69) is 5.32 Å². The third-order valence-electron chi connectivity index (χ3n) is 3.26. The van der Waals surface area contributed by atoms with Gasteiger partial charge in [-0.1, -0.05) is 36.8 Å². The smallest absolute Gasteiger partial charge is 0.408 e. The van der Waals surface area contributed by atoms with E-state index in [4.69, 9.17) is 20.6 Å². The Bertz CT molecular complexity index is 534. The average molecular weight is 335 g/mol. The molecule has 0 aliphatic carbocycles. The summed E-state index contributed by atoms with van der Waals surface area (Å²) >= 11 is 0. The Morgan fingerprint density at radius 2 is 1.92 bits per heavy atom. The minimum absolute atomic E-state index is 0.109. The van der Waals surface area contributed by atoms with Crippen LogP contribution in [0.2, 0.25) is 0 Å². The molecule has 0 saturated carbocycles. The first kappa shape index (κ1) is 19.5. The van der Waals surface area contributed by atoms with E-state index in [9.17, 15) is 9.59 Å². The number of ether oxygens (including phenoxy) is 2. The van der Waals surface area contributed by atoms with Gasteiger partial charge in [0.05, 0.1) is 12.4 Å². The first-order valence-electron chi connectivity index (χ1n) is 7.99. The monoisotopic (exact) mass is 335 g/mol. The van der Waals surface area contributed by atoms with E-state index in [0.29, 0.717) is 25.7 Å². The molecule has 132 valence electrons. The summed E-state index contributed by atoms with van der Waals surface area (Å²) in [5, 5.41) is 9.72. The Kier molecular flexibility index (Phi) is 8.96. The van der Waals surface area contributed by atoms with Crippen LogP contribution in [0.5, 0.6) is 0 Å². The number of amides is 1. The second-order valence-corrected chi connectivity index (χ2v) is 5.28. The molecule has 0 unspecified atom stereocenters. The van der Waals surface area contributed by atoms with Crippen LogP contribution in [0, 0.1) is 5.41 Å². The van der Waals surface area contributed by atoms with Crippen molar-refractivity contribution < 1.29 is 19.1 Å². The van der Waals surface area contributed by atoms with E-state index in [-0.39, 0.29) is 19.0 Å². The molecule has 0 aliphatic rings. The average Bonchev–Trinajstić information content (AvgIpc) is 2.56. The van der Waals surface area contributed by atoms with Crippen LogP contribution in [-0.2, 0) is 20.9 Å². The molecule has 0 aromatic heterocycles. The van der Waals surface area contributed by atoms with Crippen molar-refractivity contribution in [3.05, 3.63) is 35.9 Å². The number of unbranched alkanes of at least 4 members (excludes halogenated alkanes) is 1. The summed E-state index contributed by atoms with van der Waals surface area (Å²) in [4.78, 5) is 23.8. The minimum Gasteiger partial charge on any atom is -0.464 e. The number of alkyl carbamates (subject to hydrolysis) is 1. The van der Waals surface area contributed by atoms with Crippen LogP contribution in [0.1, 0.15) is 38.2 Å². The number of esters is 1. The molecule has 7 nitrogen and oxygen atoms in total. The highest BCUT2D eigenvalue weighted by Crippen LogP contribution is 2.07. The maximum Gasteiger partial charge on any atom is 0.408 e. The standard InChI is InChI=1S/C17H25N3O4/c1-2-23-16(21)14(10-6-7-11-15(18)19)20-17(22)24-12-13-8-4-3-5-9-13/h3-5,8-9,14H,2,6-7,10-12H2,1H3,(H3,18,19)(H,20,22)/t14-/m0/s1. The van der Waals surface area contributed by atoms with Gasteiger partial charge < -0.3 is 20.5 Å². The predicted octanol–water partition coefficient (Wildman–Crippen LogP) is 2.34. The van der Waals surface area contributed by atoms with Crippen molar-refractivity contribution in [3.63, 3.8) is 0 Å². The van der Waals surface area contributed by atoms with Crippen molar-refractivity contribution in [2.24, 2.45) is 5.73 Å². The third kappa shape index (κ3) is 8.17. The number of hydrogen-bond donors (Lipinski definition) is 3. The quantitative estimate of drug-likeness (QED) is 0.263. The second kappa shape index (κ2) is 11.0. The van der Waals surface area contributed by atoms with Crippen molar-refractivity contribution in [2.75, 3.05) is 6.61 Å². The molecule has 0 bridgehead atoms. The van der Waals surface area contributed by atoms with Gasteiger partial charge in [0, 0.05) is 6.42 Å². The van der Waals surface area contributed by atoms with Crippen molar-refractivity contribution in [3.8, 4) is 0 Å². The maximum atomic E-state index is 11.9. The summed E-state index contributed by atoms with van der Waals surface area (Å²) in [5.41, 5.74) is 6.16. The first-order chi connectivity index (χ1) is 11.5. The minimum atomic E-state index is -0.764. The highest BCUT2D eigenvalue weighted by Gasteiger charge is 2.22. The van der Waals surface area contributed by atoms with Gasteiger partial charge in [-0.05, 0) is 25.3 Å². The lowest BCUT2D eigenvalue weighted by molar-refractivity contribution is -0.145. The Labute approximate surface area is 142 Å². The number of amidine groups is 1. The zero-order valence-corrected chi connectivity index (χ0v) is 13.9. The largest absolute Gasteiger partial charge is 0.464 e. The lowest BCUT2D eigenvalue weighted by Crippen LogP contribution is -2.42. The normalized spacial score (nSPS) is 11.4. The summed E-state index contributed by atoms with van der Waals surface area (Å²) < 4.78 is 10.1. The van der Waals surface area contributed by atoms with Crippen molar-refractivity contribution in [1.29, 1.82) is 5.41 Å². The number of carbonyl (C=O) groups is 2. The van der Waals surface area contributed by atoms with Crippen LogP contribution in [0.3, 0.4) is 0 Å². The van der Waals surface area contributed by atoms with Crippen molar-refractivity contribution in [2.45, 2.75) is 45.3 Å². The molecule has 7 heteroatoms. The molecule has 1 rings (SSSR count). The summed E-state index contributed by atoms with van der Waals surface area (Å²) in [7, 11) is 0. The van der Waals surface area contributed by atoms with Gasteiger partial charge in [0.15, 0.2) is 0 Å². The van der Waals surface area contributed by atoms with E-state index in [1.54, 1.807) is 6.92 Å². The maximum absolute atomic E-state index is 11.9. The zero-order chi connectivity index (χ0) is 17.8. The van der Waals surface area contributed by atoms with E-state index in [0.717, 1.165) is 5.56 Å². The van der Waals surface area contributed by atoms with E-state index in [1.165, 1.54) is 0 Å². The lowest BCUT2D eigenvalue weighted by Gasteiger charge is -2.17. The van der Waals surface area contributed by atoms with Gasteiger partial charge in [-0.15, -0.1) is 0 Å². The topological polar surface area (TPSA) is 115 Å². The van der Waals surface area contributed by atoms with Crippen LogP contribution in [-0.4, -0.2) is 30.5 Å². The van der Waals surface area contributed by atoms with Gasteiger partial charge in [0.25, 0.3) is 0 Å². The summed E-state index contributed by atoms with van der Waals surface area (Å²) in [6.07, 6.45) is 1.53. The van der Waals surface area contributed by atoms with Gasteiger partial charge in [-0.3, -0.25) is 5.41 Å². The molecule has 0 aliphatic heterocycles. The molecule has 1 aromatic carbocycles. The fraction of sp³-hybridized carbons (Fsp3) is 0.471. The van der Waals surface area contributed by atoms with Crippen LogP contribution >= 0.6 is 0 Å². The Morgan fingerprint density at radius 3 is 2.54 bits per heavy atom. The number of benzene rings is 1. The SMILES string of the molecule is CCOC(=O)[C@H](CCCCC(=N)N)NC(=O)OCc1ccccc1. The van der Waals surface area contributed by atoms with E-state index in [1.807, 2.05) is 30.3 Å². The summed E-state index contributed by atoms with van der Waals surface area (Å²) in [6.45, 7) is 2.08.